The molecule has 1 fully saturated rings. The molecule has 1 aromatic heterocycles. The molecule has 1 amide bonds. The first kappa shape index (κ1) is 26.6. The quantitative estimate of drug-likeness (QED) is 0.198. The first-order chi connectivity index (χ1) is 13.9. The van der Waals surface area contributed by atoms with Crippen molar-refractivity contribution in [2.24, 2.45) is 4.99 Å². The highest BCUT2D eigenvalue weighted by Gasteiger charge is 2.20. The van der Waals surface area contributed by atoms with Gasteiger partial charge in [0.1, 0.15) is 9.88 Å². The lowest BCUT2D eigenvalue weighted by Crippen LogP contribution is -2.42. The van der Waals surface area contributed by atoms with Gasteiger partial charge in [-0.25, -0.2) is 9.78 Å². The van der Waals surface area contributed by atoms with E-state index in [-0.39, 0.29) is 41.9 Å². The molecular formula is C20H34IN5O3S. The molecule has 8 nitrogen and oxygen atoms in total. The van der Waals surface area contributed by atoms with Crippen LogP contribution in [0.15, 0.2) is 4.99 Å². The molecule has 10 heteroatoms. The number of carbonyl (C=O) groups excluding carboxylic acids is 2. The molecule has 0 saturated heterocycles. The minimum Gasteiger partial charge on any atom is -0.462 e. The molecule has 0 spiro atoms. The monoisotopic (exact) mass is 551 g/mol. The van der Waals surface area contributed by atoms with Crippen molar-refractivity contribution in [3.63, 3.8) is 0 Å². The number of ether oxygens (including phenoxy) is 1. The number of thiazole rings is 1. The number of hydrogen-bond acceptors (Lipinski definition) is 6. The number of esters is 1. The lowest BCUT2D eigenvalue weighted by Gasteiger charge is -2.23. The molecule has 30 heavy (non-hydrogen) atoms. The van der Waals surface area contributed by atoms with Gasteiger partial charge in [-0.05, 0) is 33.6 Å². The zero-order valence-electron chi connectivity index (χ0n) is 18.2. The van der Waals surface area contributed by atoms with Crippen LogP contribution in [0.1, 0.15) is 78.8 Å². The summed E-state index contributed by atoms with van der Waals surface area (Å²) >= 11 is 1.32. The van der Waals surface area contributed by atoms with Crippen molar-refractivity contribution in [2.75, 3.05) is 20.2 Å². The number of halogens is 1. The van der Waals surface area contributed by atoms with Crippen LogP contribution in [0.5, 0.6) is 0 Å². The average molecular weight is 551 g/mol. The summed E-state index contributed by atoms with van der Waals surface area (Å²) in [5.74, 6) is 0.323. The molecule has 0 radical (unpaired) electrons. The summed E-state index contributed by atoms with van der Waals surface area (Å²) in [5.41, 5.74) is 0.666. The van der Waals surface area contributed by atoms with Crippen LogP contribution in [0.25, 0.3) is 0 Å². The lowest BCUT2D eigenvalue weighted by molar-refractivity contribution is -0.121. The van der Waals surface area contributed by atoms with Crippen LogP contribution in [-0.4, -0.2) is 49.1 Å². The summed E-state index contributed by atoms with van der Waals surface area (Å²) in [6.07, 6.45) is 6.24. The minimum atomic E-state index is -0.340. The Morgan fingerprint density at radius 1 is 1.30 bits per heavy atom. The average Bonchev–Trinajstić information content (AvgIpc) is 3.10. The predicted molar refractivity (Wildman–Crippen MR) is 131 cm³/mol. The first-order valence-corrected chi connectivity index (χ1v) is 11.2. The van der Waals surface area contributed by atoms with Crippen molar-refractivity contribution in [1.29, 1.82) is 0 Å². The third-order valence-corrected chi connectivity index (χ3v) is 6.16. The summed E-state index contributed by atoms with van der Waals surface area (Å²) in [5, 5.41) is 10.3. The molecule has 3 N–H and O–H groups in total. The van der Waals surface area contributed by atoms with Crippen molar-refractivity contribution in [3.05, 3.63) is 15.6 Å². The van der Waals surface area contributed by atoms with E-state index in [1.54, 1.807) is 20.9 Å². The van der Waals surface area contributed by atoms with Gasteiger partial charge in [0.15, 0.2) is 5.96 Å². The van der Waals surface area contributed by atoms with E-state index in [4.69, 9.17) is 4.74 Å². The van der Waals surface area contributed by atoms with Gasteiger partial charge in [-0.2, -0.15) is 0 Å². The molecular weight excluding hydrogens is 517 g/mol. The molecule has 0 bridgehead atoms. The third-order valence-electron chi connectivity index (χ3n) is 4.84. The predicted octanol–water partition coefficient (Wildman–Crippen LogP) is 3.31. The van der Waals surface area contributed by atoms with Crippen LogP contribution in [-0.2, 0) is 9.53 Å². The van der Waals surface area contributed by atoms with Crippen LogP contribution in [0.2, 0.25) is 0 Å². The van der Waals surface area contributed by atoms with Gasteiger partial charge in [0.2, 0.25) is 5.91 Å². The Morgan fingerprint density at radius 2 is 2.00 bits per heavy atom. The van der Waals surface area contributed by atoms with E-state index in [0.717, 1.165) is 17.8 Å². The number of aryl methyl sites for hydroxylation is 1. The Kier molecular flexibility index (Phi) is 12.2. The SMILES string of the molecule is CCOC(=O)c1sc(C(C)NC(=NC)NCCC(=O)NC2CCCCC2)nc1C.I. The maximum Gasteiger partial charge on any atom is 0.350 e. The summed E-state index contributed by atoms with van der Waals surface area (Å²) in [6.45, 7) is 6.37. The van der Waals surface area contributed by atoms with Crippen molar-refractivity contribution < 1.29 is 14.3 Å². The van der Waals surface area contributed by atoms with E-state index in [0.29, 0.717) is 42.1 Å². The van der Waals surface area contributed by atoms with Gasteiger partial charge in [0.05, 0.1) is 18.3 Å². The number of amides is 1. The molecule has 0 aromatic carbocycles. The van der Waals surface area contributed by atoms with Gasteiger partial charge >= 0.3 is 5.97 Å². The smallest absolute Gasteiger partial charge is 0.350 e. The van der Waals surface area contributed by atoms with Crippen LogP contribution in [0.4, 0.5) is 0 Å². The van der Waals surface area contributed by atoms with Gasteiger partial charge in [0, 0.05) is 26.1 Å². The summed E-state index contributed by atoms with van der Waals surface area (Å²) in [6, 6.07) is 0.194. The van der Waals surface area contributed by atoms with E-state index in [2.05, 4.69) is 25.9 Å². The van der Waals surface area contributed by atoms with E-state index < -0.39 is 0 Å². The normalized spacial score (nSPS) is 15.7. The highest BCUT2D eigenvalue weighted by molar-refractivity contribution is 14.0. The lowest BCUT2D eigenvalue weighted by atomic mass is 9.95. The number of aromatic nitrogens is 1. The highest BCUT2D eigenvalue weighted by atomic mass is 127. The van der Waals surface area contributed by atoms with Gasteiger partial charge in [-0.3, -0.25) is 9.79 Å². The molecule has 1 atom stereocenters. The summed E-state index contributed by atoms with van der Waals surface area (Å²) in [7, 11) is 1.68. The second-order valence-electron chi connectivity index (χ2n) is 7.20. The van der Waals surface area contributed by atoms with Crippen molar-refractivity contribution in [3.8, 4) is 0 Å². The first-order valence-electron chi connectivity index (χ1n) is 10.4. The number of aliphatic imine (C=N–C) groups is 1. The van der Waals surface area contributed by atoms with Crippen LogP contribution in [0.3, 0.4) is 0 Å². The Balaban J connectivity index is 0.00000450. The summed E-state index contributed by atoms with van der Waals surface area (Å²) in [4.78, 5) is 33.3. The number of guanidine groups is 1. The van der Waals surface area contributed by atoms with Crippen LogP contribution < -0.4 is 16.0 Å². The number of carbonyl (C=O) groups is 2. The highest BCUT2D eigenvalue weighted by Crippen LogP contribution is 2.24. The largest absolute Gasteiger partial charge is 0.462 e. The molecule has 1 unspecified atom stereocenters. The second-order valence-corrected chi connectivity index (χ2v) is 8.24. The standard InChI is InChI=1S/C20H33N5O3S.HI/c1-5-28-19(27)17-13(2)23-18(29-17)14(3)24-20(21-4)22-12-11-16(26)25-15-9-7-6-8-10-15;/h14-15H,5-12H2,1-4H3,(H,25,26)(H2,21,22,24);1H. The fourth-order valence-corrected chi connectivity index (χ4v) is 4.25. The Labute approximate surface area is 200 Å². The molecule has 1 saturated carbocycles. The maximum atomic E-state index is 12.1. The Bertz CT molecular complexity index is 719. The molecule has 2 rings (SSSR count). The van der Waals surface area contributed by atoms with Crippen LogP contribution >= 0.6 is 35.3 Å². The zero-order chi connectivity index (χ0) is 21.2. The summed E-state index contributed by atoms with van der Waals surface area (Å²) < 4.78 is 5.07. The second kappa shape index (κ2) is 13.8. The molecule has 1 aliphatic rings. The number of rotatable bonds is 8. The maximum absolute atomic E-state index is 12.1. The molecule has 1 heterocycles. The molecule has 1 aromatic rings. The van der Waals surface area contributed by atoms with Crippen molar-refractivity contribution >= 4 is 53.1 Å². The van der Waals surface area contributed by atoms with E-state index in [9.17, 15) is 9.59 Å². The number of hydrogen-bond donors (Lipinski definition) is 3. The molecule has 1 aliphatic carbocycles. The fraction of sp³-hybridized carbons (Fsp3) is 0.700. The number of nitrogens with one attached hydrogen (secondary N) is 3. The van der Waals surface area contributed by atoms with Crippen molar-refractivity contribution in [2.45, 2.75) is 71.4 Å². The Hall–Kier alpha value is -1.43. The minimum absolute atomic E-state index is 0. The van der Waals surface area contributed by atoms with E-state index in [1.807, 2.05) is 6.92 Å². The zero-order valence-corrected chi connectivity index (χ0v) is 21.4. The molecule has 0 aliphatic heterocycles. The molecule has 170 valence electrons. The number of nitrogens with zero attached hydrogens (tertiary/aromatic N) is 2. The Morgan fingerprint density at radius 3 is 2.63 bits per heavy atom. The van der Waals surface area contributed by atoms with Crippen molar-refractivity contribution in [1.82, 2.24) is 20.9 Å². The van der Waals surface area contributed by atoms with Gasteiger partial charge in [-0.1, -0.05) is 19.3 Å². The van der Waals surface area contributed by atoms with Crippen LogP contribution in [0, 0.1) is 6.92 Å². The van der Waals surface area contributed by atoms with E-state index >= 15 is 0 Å². The fourth-order valence-electron chi connectivity index (χ4n) is 3.29. The van der Waals surface area contributed by atoms with Gasteiger partial charge in [0.25, 0.3) is 0 Å². The third kappa shape index (κ3) is 8.37. The van der Waals surface area contributed by atoms with Gasteiger partial charge in [-0.15, -0.1) is 35.3 Å². The van der Waals surface area contributed by atoms with Gasteiger partial charge < -0.3 is 20.7 Å². The van der Waals surface area contributed by atoms with E-state index in [1.165, 1.54) is 30.6 Å². The topological polar surface area (TPSA) is 105 Å².